The second kappa shape index (κ2) is 10.6. The maximum atomic E-state index is 6.22. The van der Waals surface area contributed by atoms with Crippen LogP contribution in [0.1, 0.15) is 0 Å². The number of hydrogen-bond donors (Lipinski definition) is 0. The highest BCUT2D eigenvalue weighted by atomic mass is 16.3. The lowest BCUT2D eigenvalue weighted by Crippen LogP contribution is -2.09. The first-order valence-corrected chi connectivity index (χ1v) is 16.4. The predicted molar refractivity (Wildman–Crippen MR) is 204 cm³/mol. The standard InChI is InChI=1S/C46H29NO/c1-2-9-34-27-35(14-13-30(34)7-1)31-15-20-36(21-16-31)47(38-23-26-46-44(29-38)42-11-5-6-12-45(42)48-46)37-22-17-33-19-24-40-39-10-4-3-8-32(39)18-25-41(40)43(33)28-37/h1-29H. The zero-order valence-corrected chi connectivity index (χ0v) is 26.1. The summed E-state index contributed by atoms with van der Waals surface area (Å²) in [6.07, 6.45) is 0. The van der Waals surface area contributed by atoms with Crippen LogP contribution in [0.15, 0.2) is 180 Å². The summed E-state index contributed by atoms with van der Waals surface area (Å²) >= 11 is 0. The second-order valence-electron chi connectivity index (χ2n) is 12.6. The van der Waals surface area contributed by atoms with E-state index in [1.807, 2.05) is 12.1 Å². The van der Waals surface area contributed by atoms with Gasteiger partial charge in [-0.25, -0.2) is 0 Å². The molecule has 10 aromatic rings. The van der Waals surface area contributed by atoms with Gasteiger partial charge in [-0.3, -0.25) is 0 Å². The van der Waals surface area contributed by atoms with Crippen molar-refractivity contribution in [2.75, 3.05) is 4.90 Å². The first-order chi connectivity index (χ1) is 23.8. The smallest absolute Gasteiger partial charge is 0.135 e. The summed E-state index contributed by atoms with van der Waals surface area (Å²) in [4.78, 5) is 2.37. The van der Waals surface area contributed by atoms with E-state index in [4.69, 9.17) is 4.42 Å². The van der Waals surface area contributed by atoms with E-state index in [2.05, 4.69) is 169 Å². The van der Waals surface area contributed by atoms with Crippen molar-refractivity contribution in [3.63, 3.8) is 0 Å². The predicted octanol–water partition coefficient (Wildman–Crippen LogP) is 13.3. The molecule has 0 aliphatic rings. The summed E-state index contributed by atoms with van der Waals surface area (Å²) in [5.74, 6) is 0. The Kier molecular flexibility index (Phi) is 5.91. The minimum atomic E-state index is 0.892. The van der Waals surface area contributed by atoms with Gasteiger partial charge < -0.3 is 9.32 Å². The zero-order chi connectivity index (χ0) is 31.6. The average Bonchev–Trinajstić information content (AvgIpc) is 3.53. The van der Waals surface area contributed by atoms with Crippen LogP contribution in [0.25, 0.3) is 76.2 Å². The Morgan fingerprint density at radius 2 is 0.833 bits per heavy atom. The van der Waals surface area contributed by atoms with Gasteiger partial charge in [0, 0.05) is 27.8 Å². The lowest BCUT2D eigenvalue weighted by molar-refractivity contribution is 0.669. The molecule has 2 heteroatoms. The van der Waals surface area contributed by atoms with Crippen molar-refractivity contribution in [3.05, 3.63) is 176 Å². The first kappa shape index (κ1) is 26.8. The van der Waals surface area contributed by atoms with Crippen LogP contribution in [0.5, 0.6) is 0 Å². The molecule has 0 atom stereocenters. The molecule has 0 unspecified atom stereocenters. The van der Waals surface area contributed by atoms with Crippen LogP contribution < -0.4 is 4.90 Å². The normalized spacial score (nSPS) is 11.8. The van der Waals surface area contributed by atoms with Gasteiger partial charge in [0.25, 0.3) is 0 Å². The minimum absolute atomic E-state index is 0.892. The van der Waals surface area contributed by atoms with E-state index in [0.29, 0.717) is 0 Å². The number of nitrogens with zero attached hydrogens (tertiary/aromatic N) is 1. The summed E-state index contributed by atoms with van der Waals surface area (Å²) in [5, 5.41) is 12.3. The van der Waals surface area contributed by atoms with E-state index in [-0.39, 0.29) is 0 Å². The van der Waals surface area contributed by atoms with Gasteiger partial charge in [-0.05, 0) is 109 Å². The number of fused-ring (bicyclic) bond motifs is 9. The molecular weight excluding hydrogens is 583 g/mol. The fraction of sp³-hybridized carbons (Fsp3) is 0. The van der Waals surface area contributed by atoms with E-state index < -0.39 is 0 Å². The monoisotopic (exact) mass is 611 g/mol. The third-order valence-electron chi connectivity index (χ3n) is 9.81. The molecule has 0 aliphatic carbocycles. The van der Waals surface area contributed by atoms with Crippen LogP contribution in [0.3, 0.4) is 0 Å². The van der Waals surface area contributed by atoms with E-state index in [9.17, 15) is 0 Å². The van der Waals surface area contributed by atoms with E-state index in [0.717, 1.165) is 39.0 Å². The van der Waals surface area contributed by atoms with Gasteiger partial charge in [-0.2, -0.15) is 0 Å². The molecule has 0 aliphatic heterocycles. The lowest BCUT2D eigenvalue weighted by atomic mass is 9.96. The van der Waals surface area contributed by atoms with Crippen molar-refractivity contribution in [3.8, 4) is 11.1 Å². The third kappa shape index (κ3) is 4.27. The van der Waals surface area contributed by atoms with Gasteiger partial charge >= 0.3 is 0 Å². The average molecular weight is 612 g/mol. The second-order valence-corrected chi connectivity index (χ2v) is 12.6. The van der Waals surface area contributed by atoms with Gasteiger partial charge in [0.2, 0.25) is 0 Å². The zero-order valence-electron chi connectivity index (χ0n) is 26.1. The highest BCUT2D eigenvalue weighted by Crippen LogP contribution is 2.41. The molecule has 2 nitrogen and oxygen atoms in total. The van der Waals surface area contributed by atoms with Crippen LogP contribution in [0.4, 0.5) is 17.1 Å². The van der Waals surface area contributed by atoms with Crippen molar-refractivity contribution >= 4 is 82.1 Å². The van der Waals surface area contributed by atoms with Crippen LogP contribution in [-0.2, 0) is 0 Å². The van der Waals surface area contributed by atoms with Crippen molar-refractivity contribution in [2.45, 2.75) is 0 Å². The van der Waals surface area contributed by atoms with Gasteiger partial charge in [-0.1, -0.05) is 121 Å². The quantitative estimate of drug-likeness (QED) is 0.184. The molecule has 0 spiro atoms. The molecule has 0 bridgehead atoms. The van der Waals surface area contributed by atoms with Crippen molar-refractivity contribution in [1.82, 2.24) is 0 Å². The molecule has 1 aromatic heterocycles. The molecule has 0 fully saturated rings. The summed E-state index contributed by atoms with van der Waals surface area (Å²) in [6, 6.07) is 63.5. The molecule has 0 N–H and O–H groups in total. The molecule has 0 radical (unpaired) electrons. The van der Waals surface area contributed by atoms with Crippen molar-refractivity contribution in [1.29, 1.82) is 0 Å². The number of hydrogen-bond acceptors (Lipinski definition) is 2. The topological polar surface area (TPSA) is 16.4 Å². The van der Waals surface area contributed by atoms with Crippen LogP contribution in [0, 0.1) is 0 Å². The van der Waals surface area contributed by atoms with E-state index >= 15 is 0 Å². The fourth-order valence-corrected chi connectivity index (χ4v) is 7.42. The van der Waals surface area contributed by atoms with Crippen molar-refractivity contribution < 1.29 is 4.42 Å². The number of benzene rings is 9. The van der Waals surface area contributed by atoms with Gasteiger partial charge in [-0.15, -0.1) is 0 Å². The molecule has 10 rings (SSSR count). The summed E-state index contributed by atoms with van der Waals surface area (Å²) < 4.78 is 6.22. The van der Waals surface area contributed by atoms with Gasteiger partial charge in [0.15, 0.2) is 0 Å². The van der Waals surface area contributed by atoms with E-state index in [1.165, 1.54) is 54.2 Å². The molecule has 0 saturated carbocycles. The molecular formula is C46H29NO. The van der Waals surface area contributed by atoms with Crippen LogP contribution in [-0.4, -0.2) is 0 Å². The Balaban J connectivity index is 1.16. The van der Waals surface area contributed by atoms with E-state index in [1.54, 1.807) is 0 Å². The third-order valence-corrected chi connectivity index (χ3v) is 9.81. The van der Waals surface area contributed by atoms with Crippen molar-refractivity contribution in [2.24, 2.45) is 0 Å². The minimum Gasteiger partial charge on any atom is -0.456 e. The lowest BCUT2D eigenvalue weighted by Gasteiger charge is -2.26. The number of furan rings is 1. The molecule has 0 amide bonds. The Bertz CT molecular complexity index is 2840. The molecule has 224 valence electrons. The first-order valence-electron chi connectivity index (χ1n) is 16.4. The summed E-state index contributed by atoms with van der Waals surface area (Å²) in [5.41, 5.74) is 7.48. The molecule has 9 aromatic carbocycles. The summed E-state index contributed by atoms with van der Waals surface area (Å²) in [7, 11) is 0. The maximum Gasteiger partial charge on any atom is 0.135 e. The number of anilines is 3. The fourth-order valence-electron chi connectivity index (χ4n) is 7.42. The van der Waals surface area contributed by atoms with Gasteiger partial charge in [0.1, 0.15) is 11.2 Å². The maximum absolute atomic E-state index is 6.22. The molecule has 48 heavy (non-hydrogen) atoms. The Labute approximate surface area is 277 Å². The van der Waals surface area contributed by atoms with Crippen LogP contribution in [0.2, 0.25) is 0 Å². The largest absolute Gasteiger partial charge is 0.456 e. The van der Waals surface area contributed by atoms with Gasteiger partial charge in [0.05, 0.1) is 0 Å². The van der Waals surface area contributed by atoms with Crippen LogP contribution >= 0.6 is 0 Å². The summed E-state index contributed by atoms with van der Waals surface area (Å²) in [6.45, 7) is 0. The Morgan fingerprint density at radius 3 is 1.67 bits per heavy atom. The Morgan fingerprint density at radius 1 is 0.292 bits per heavy atom. The number of rotatable bonds is 4. The number of para-hydroxylation sites is 1. The SMILES string of the molecule is c1ccc2cc(-c3ccc(N(c4ccc5ccc6c7ccccc7ccc6c5c4)c4ccc5oc6ccccc6c5c4)cc3)ccc2c1. The highest BCUT2D eigenvalue weighted by Gasteiger charge is 2.17. The Hall–Kier alpha value is -6.38. The highest BCUT2D eigenvalue weighted by molar-refractivity contribution is 6.18. The molecule has 1 heterocycles. The molecule has 0 saturated heterocycles.